The fourth-order valence-electron chi connectivity index (χ4n) is 3.32. The predicted molar refractivity (Wildman–Crippen MR) is 83.4 cm³/mol. The van der Waals surface area contributed by atoms with Gasteiger partial charge in [0.05, 0.1) is 11.7 Å². The fourth-order valence-corrected chi connectivity index (χ4v) is 4.87. The van der Waals surface area contributed by atoms with Crippen LogP contribution in [-0.2, 0) is 19.5 Å². The van der Waals surface area contributed by atoms with Crippen LogP contribution in [0.4, 0.5) is 0 Å². The van der Waals surface area contributed by atoms with Crippen molar-refractivity contribution in [2.24, 2.45) is 5.92 Å². The second kappa shape index (κ2) is 5.81. The van der Waals surface area contributed by atoms with E-state index in [-0.39, 0.29) is 16.6 Å². The summed E-state index contributed by atoms with van der Waals surface area (Å²) in [6, 6.07) is 3.22. The molecule has 7 heteroatoms. The maximum absolute atomic E-state index is 12.5. The van der Waals surface area contributed by atoms with E-state index in [0.29, 0.717) is 19.7 Å². The van der Waals surface area contributed by atoms with E-state index in [0.717, 1.165) is 25.4 Å². The number of pyridine rings is 1. The summed E-state index contributed by atoms with van der Waals surface area (Å²) in [5.41, 5.74) is -0.359. The minimum atomic E-state index is -3.46. The first-order valence-electron chi connectivity index (χ1n) is 8.23. The Labute approximate surface area is 136 Å². The maximum atomic E-state index is 12.5. The normalized spacial score (nSPS) is 27.7. The third-order valence-electron chi connectivity index (χ3n) is 4.91. The van der Waals surface area contributed by atoms with Crippen molar-refractivity contribution < 1.29 is 17.9 Å². The Morgan fingerprint density at radius 1 is 1.35 bits per heavy atom. The van der Waals surface area contributed by atoms with Crippen LogP contribution in [-0.4, -0.2) is 55.7 Å². The third-order valence-corrected chi connectivity index (χ3v) is 6.69. The van der Waals surface area contributed by atoms with Crippen molar-refractivity contribution in [2.45, 2.75) is 42.3 Å². The summed E-state index contributed by atoms with van der Waals surface area (Å²) in [7, 11) is -3.46. The Morgan fingerprint density at radius 2 is 2.17 bits per heavy atom. The van der Waals surface area contributed by atoms with Crippen LogP contribution < -0.4 is 0 Å². The van der Waals surface area contributed by atoms with Crippen LogP contribution in [0.1, 0.15) is 25.7 Å². The Kier molecular flexibility index (Phi) is 3.91. The number of hydrogen-bond acceptors (Lipinski definition) is 5. The molecule has 126 valence electrons. The Morgan fingerprint density at radius 3 is 2.87 bits per heavy atom. The molecule has 0 unspecified atom stereocenters. The number of hydrogen-bond donors (Lipinski definition) is 0. The monoisotopic (exact) mass is 338 g/mol. The highest BCUT2D eigenvalue weighted by Gasteiger charge is 2.52. The van der Waals surface area contributed by atoms with Crippen molar-refractivity contribution in [3.05, 3.63) is 24.5 Å². The van der Waals surface area contributed by atoms with Gasteiger partial charge in [-0.25, -0.2) is 8.42 Å². The summed E-state index contributed by atoms with van der Waals surface area (Å²) in [5, 5.41) is 0. The van der Waals surface area contributed by atoms with E-state index in [1.807, 2.05) is 0 Å². The second-order valence-electron chi connectivity index (χ2n) is 6.88. The standard InChI is InChI=1S/C16H22N2O4S/c19-23(20,15-2-1-6-17-9-15)18-11-16(12-18)8-14(5-7-22-16)21-10-13-3-4-13/h1-2,6,9,13-14H,3-5,7-8,10-12H2/t14-/m1/s1. The molecule has 2 aliphatic heterocycles. The van der Waals surface area contributed by atoms with E-state index in [1.165, 1.54) is 23.3 Å². The van der Waals surface area contributed by atoms with Crippen molar-refractivity contribution in [3.63, 3.8) is 0 Å². The Hall–Kier alpha value is -1.02. The minimum Gasteiger partial charge on any atom is -0.378 e. The highest BCUT2D eigenvalue weighted by Crippen LogP contribution is 2.39. The van der Waals surface area contributed by atoms with Crippen LogP contribution in [0.15, 0.2) is 29.4 Å². The van der Waals surface area contributed by atoms with Crippen LogP contribution in [0.3, 0.4) is 0 Å². The number of ether oxygens (including phenoxy) is 2. The third kappa shape index (κ3) is 3.15. The molecule has 0 amide bonds. The van der Waals surface area contributed by atoms with Gasteiger partial charge in [-0.3, -0.25) is 4.98 Å². The number of sulfonamides is 1. The van der Waals surface area contributed by atoms with E-state index in [1.54, 1.807) is 18.3 Å². The maximum Gasteiger partial charge on any atom is 0.244 e. The molecule has 1 aliphatic carbocycles. The Bertz CT molecular complexity index is 654. The predicted octanol–water partition coefficient (Wildman–Crippen LogP) is 1.43. The zero-order valence-corrected chi connectivity index (χ0v) is 13.9. The molecule has 1 saturated carbocycles. The SMILES string of the molecule is O=S(=O)(c1cccnc1)N1CC2(C[C@H](OCC3CC3)CCO2)C1. The molecule has 1 atom stereocenters. The minimum absolute atomic E-state index is 0.201. The van der Waals surface area contributed by atoms with Gasteiger partial charge in [0.2, 0.25) is 10.0 Å². The average molecular weight is 338 g/mol. The molecule has 23 heavy (non-hydrogen) atoms. The topological polar surface area (TPSA) is 68.7 Å². The molecular weight excluding hydrogens is 316 g/mol. The van der Waals surface area contributed by atoms with Crippen LogP contribution in [0.25, 0.3) is 0 Å². The molecule has 0 N–H and O–H groups in total. The van der Waals surface area contributed by atoms with E-state index in [4.69, 9.17) is 9.47 Å². The molecule has 4 rings (SSSR count). The van der Waals surface area contributed by atoms with Gasteiger partial charge in [-0.15, -0.1) is 0 Å². The summed E-state index contributed by atoms with van der Waals surface area (Å²) >= 11 is 0. The van der Waals surface area contributed by atoms with Crippen molar-refractivity contribution in [3.8, 4) is 0 Å². The van der Waals surface area contributed by atoms with Crippen LogP contribution in [0.5, 0.6) is 0 Å². The van der Waals surface area contributed by atoms with E-state index in [2.05, 4.69) is 4.98 Å². The number of nitrogens with zero attached hydrogens (tertiary/aromatic N) is 2. The van der Waals surface area contributed by atoms with E-state index >= 15 is 0 Å². The van der Waals surface area contributed by atoms with Gasteiger partial charge in [0, 0.05) is 45.1 Å². The molecule has 3 heterocycles. The highest BCUT2D eigenvalue weighted by atomic mass is 32.2. The van der Waals surface area contributed by atoms with Crippen LogP contribution in [0.2, 0.25) is 0 Å². The van der Waals surface area contributed by atoms with Gasteiger partial charge in [0.1, 0.15) is 4.90 Å². The lowest BCUT2D eigenvalue weighted by Crippen LogP contribution is -2.67. The quantitative estimate of drug-likeness (QED) is 0.812. The summed E-state index contributed by atoms with van der Waals surface area (Å²) in [6.07, 6.45) is 7.43. The van der Waals surface area contributed by atoms with Crippen molar-refractivity contribution in [2.75, 3.05) is 26.3 Å². The average Bonchev–Trinajstić information content (AvgIpc) is 3.36. The molecule has 3 aliphatic rings. The smallest absolute Gasteiger partial charge is 0.244 e. The first-order valence-corrected chi connectivity index (χ1v) is 9.67. The lowest BCUT2D eigenvalue weighted by molar-refractivity contribution is -0.179. The molecule has 1 aromatic rings. The molecule has 0 aromatic carbocycles. The summed E-state index contributed by atoms with van der Waals surface area (Å²) < 4.78 is 38.5. The van der Waals surface area contributed by atoms with Gasteiger partial charge in [-0.05, 0) is 37.3 Å². The fraction of sp³-hybridized carbons (Fsp3) is 0.688. The molecule has 0 bridgehead atoms. The molecule has 0 radical (unpaired) electrons. The summed E-state index contributed by atoms with van der Waals surface area (Å²) in [5.74, 6) is 0.748. The van der Waals surface area contributed by atoms with Crippen molar-refractivity contribution in [1.29, 1.82) is 0 Å². The molecule has 1 aromatic heterocycles. The molecule has 3 fully saturated rings. The number of aromatic nitrogens is 1. The van der Waals surface area contributed by atoms with Gasteiger partial charge < -0.3 is 9.47 Å². The van der Waals surface area contributed by atoms with Gasteiger partial charge >= 0.3 is 0 Å². The van der Waals surface area contributed by atoms with Crippen LogP contribution >= 0.6 is 0 Å². The first-order chi connectivity index (χ1) is 11.1. The van der Waals surface area contributed by atoms with Crippen LogP contribution in [0, 0.1) is 5.92 Å². The Balaban J connectivity index is 1.37. The summed E-state index contributed by atoms with van der Waals surface area (Å²) in [6.45, 7) is 2.32. The highest BCUT2D eigenvalue weighted by molar-refractivity contribution is 7.89. The van der Waals surface area contributed by atoms with Crippen molar-refractivity contribution >= 4 is 10.0 Å². The van der Waals surface area contributed by atoms with Crippen molar-refractivity contribution in [1.82, 2.24) is 9.29 Å². The zero-order valence-electron chi connectivity index (χ0n) is 13.1. The zero-order chi connectivity index (χ0) is 15.9. The first kappa shape index (κ1) is 15.5. The molecule has 2 saturated heterocycles. The van der Waals surface area contributed by atoms with E-state index < -0.39 is 10.0 Å². The molecule has 1 spiro atoms. The second-order valence-corrected chi connectivity index (χ2v) is 8.82. The van der Waals surface area contributed by atoms with Gasteiger partial charge in [0.25, 0.3) is 0 Å². The number of rotatable bonds is 5. The summed E-state index contributed by atoms with van der Waals surface area (Å²) in [4.78, 5) is 4.14. The molecular formula is C16H22N2O4S. The van der Waals surface area contributed by atoms with Gasteiger partial charge in [0.15, 0.2) is 0 Å². The lowest BCUT2D eigenvalue weighted by Gasteiger charge is -2.52. The molecule has 6 nitrogen and oxygen atoms in total. The lowest BCUT2D eigenvalue weighted by atomic mass is 9.86. The van der Waals surface area contributed by atoms with E-state index in [9.17, 15) is 8.42 Å². The van der Waals surface area contributed by atoms with Gasteiger partial charge in [-0.1, -0.05) is 0 Å². The van der Waals surface area contributed by atoms with Gasteiger partial charge in [-0.2, -0.15) is 4.31 Å². The largest absolute Gasteiger partial charge is 0.378 e.